The average molecular weight is 316 g/mol. The van der Waals surface area contributed by atoms with Crippen LogP contribution in [-0.4, -0.2) is 5.91 Å². The molecule has 1 N–H and O–H groups in total. The predicted octanol–water partition coefficient (Wildman–Crippen LogP) is 5.78. The molecule has 0 spiro atoms. The normalized spacial score (nSPS) is 19.5. The molecule has 1 aliphatic carbocycles. The molecule has 2 heteroatoms. The van der Waals surface area contributed by atoms with Crippen molar-refractivity contribution in [3.8, 4) is 0 Å². The number of hydrogen-bond donors (Lipinski definition) is 1. The van der Waals surface area contributed by atoms with Gasteiger partial charge in [0, 0.05) is 6.92 Å². The van der Waals surface area contributed by atoms with E-state index in [0.29, 0.717) is 0 Å². The number of amides is 1. The van der Waals surface area contributed by atoms with Crippen LogP contribution in [0.2, 0.25) is 0 Å². The minimum Gasteiger partial charge on any atom is -0.350 e. The van der Waals surface area contributed by atoms with Crippen LogP contribution in [0.25, 0.3) is 0 Å². The fourth-order valence-corrected chi connectivity index (χ4v) is 3.85. The average Bonchev–Trinajstić information content (AvgIpc) is 2.61. The first-order valence-corrected chi connectivity index (χ1v) is 9.58. The highest BCUT2D eigenvalue weighted by Crippen LogP contribution is 2.29. The molecule has 1 aromatic rings. The van der Waals surface area contributed by atoms with Crippen LogP contribution < -0.4 is 5.32 Å². The maximum atomic E-state index is 11.6. The molecule has 1 atom stereocenters. The zero-order chi connectivity index (χ0) is 16.3. The summed E-state index contributed by atoms with van der Waals surface area (Å²) in [6, 6.07) is 10.6. The molecule has 2 nitrogen and oxygen atoms in total. The topological polar surface area (TPSA) is 29.1 Å². The highest BCUT2D eigenvalue weighted by molar-refractivity contribution is 5.73. The summed E-state index contributed by atoms with van der Waals surface area (Å²) >= 11 is 0. The first-order chi connectivity index (χ1) is 11.3. The molecule has 0 aliphatic heterocycles. The Labute approximate surface area is 142 Å². The summed E-state index contributed by atoms with van der Waals surface area (Å²) < 4.78 is 0. The van der Waals surface area contributed by atoms with Gasteiger partial charge in [-0.2, -0.15) is 0 Å². The van der Waals surface area contributed by atoms with Gasteiger partial charge in [0.15, 0.2) is 0 Å². The number of carbonyl (C=O) groups excluding carboxylic acids is 1. The van der Waals surface area contributed by atoms with E-state index < -0.39 is 0 Å². The highest BCUT2D eigenvalue weighted by atomic mass is 16.1. The lowest BCUT2D eigenvalue weighted by atomic mass is 9.87. The second-order valence-corrected chi connectivity index (χ2v) is 7.17. The van der Waals surface area contributed by atoms with Crippen molar-refractivity contribution in [2.24, 2.45) is 5.92 Å². The van der Waals surface area contributed by atoms with E-state index in [2.05, 4.69) is 29.6 Å². The van der Waals surface area contributed by atoms with E-state index in [1.165, 1.54) is 69.8 Å². The fourth-order valence-electron chi connectivity index (χ4n) is 3.85. The highest BCUT2D eigenvalue weighted by Gasteiger charge is 2.19. The van der Waals surface area contributed by atoms with Gasteiger partial charge >= 0.3 is 0 Å². The van der Waals surface area contributed by atoms with Crippen LogP contribution in [0.3, 0.4) is 0 Å². The Bertz CT molecular complexity index is 430. The molecule has 0 bridgehead atoms. The molecule has 1 amide bonds. The zero-order valence-electron chi connectivity index (χ0n) is 14.7. The van der Waals surface area contributed by atoms with Gasteiger partial charge in [0.25, 0.3) is 0 Å². The third kappa shape index (κ3) is 7.20. The van der Waals surface area contributed by atoms with Crippen LogP contribution in [0.15, 0.2) is 30.3 Å². The van der Waals surface area contributed by atoms with Crippen molar-refractivity contribution < 1.29 is 4.79 Å². The van der Waals surface area contributed by atoms with Crippen molar-refractivity contribution in [1.82, 2.24) is 5.32 Å². The summed E-state index contributed by atoms with van der Waals surface area (Å²) in [5.74, 6) is 0.820. The molecule has 1 aromatic carbocycles. The number of rotatable bonds is 4. The third-order valence-corrected chi connectivity index (χ3v) is 5.12. The fraction of sp³-hybridized carbons (Fsp3) is 0.667. The van der Waals surface area contributed by atoms with E-state index in [1.54, 1.807) is 6.92 Å². The van der Waals surface area contributed by atoms with Crippen LogP contribution in [0.5, 0.6) is 0 Å². The quantitative estimate of drug-likeness (QED) is 0.749. The molecular weight excluding hydrogens is 282 g/mol. The minimum absolute atomic E-state index is 0.0792. The summed E-state index contributed by atoms with van der Waals surface area (Å²) in [4.78, 5) is 11.6. The standard InChI is InChI=1S/C21H33NO/c1-18(23)22-21(20-15-11-8-12-16-20)17-19-13-9-6-4-2-3-5-7-10-14-19/h8,11-12,15-16,19,21H,2-7,9-10,13-14,17H2,1H3,(H,22,23). The summed E-state index contributed by atoms with van der Waals surface area (Å²) in [5, 5.41) is 3.18. The Balaban J connectivity index is 1.98. The molecule has 0 heterocycles. The van der Waals surface area contributed by atoms with Gasteiger partial charge in [-0.05, 0) is 17.9 Å². The van der Waals surface area contributed by atoms with Crippen LogP contribution in [-0.2, 0) is 4.79 Å². The minimum atomic E-state index is 0.0792. The first-order valence-electron chi connectivity index (χ1n) is 9.58. The monoisotopic (exact) mass is 315 g/mol. The predicted molar refractivity (Wildman–Crippen MR) is 97.3 cm³/mol. The Hall–Kier alpha value is -1.31. The molecule has 23 heavy (non-hydrogen) atoms. The first kappa shape index (κ1) is 18.0. The maximum absolute atomic E-state index is 11.6. The SMILES string of the molecule is CC(=O)NC(CC1CCCCCCCCCC1)c1ccccc1. The van der Waals surface area contributed by atoms with Gasteiger partial charge in [0.1, 0.15) is 0 Å². The van der Waals surface area contributed by atoms with Gasteiger partial charge in [-0.3, -0.25) is 4.79 Å². The zero-order valence-corrected chi connectivity index (χ0v) is 14.7. The van der Waals surface area contributed by atoms with Crippen LogP contribution >= 0.6 is 0 Å². The van der Waals surface area contributed by atoms with Gasteiger partial charge in [0.05, 0.1) is 6.04 Å². The summed E-state index contributed by atoms with van der Waals surface area (Å²) in [6.07, 6.45) is 14.8. The molecule has 1 fully saturated rings. The largest absolute Gasteiger partial charge is 0.350 e. The van der Waals surface area contributed by atoms with E-state index >= 15 is 0 Å². The third-order valence-electron chi connectivity index (χ3n) is 5.12. The van der Waals surface area contributed by atoms with E-state index in [-0.39, 0.29) is 11.9 Å². The van der Waals surface area contributed by atoms with Gasteiger partial charge < -0.3 is 5.32 Å². The van der Waals surface area contributed by atoms with Crippen molar-refractivity contribution in [1.29, 1.82) is 0 Å². The number of nitrogens with one attached hydrogen (secondary N) is 1. The van der Waals surface area contributed by atoms with Gasteiger partial charge in [-0.1, -0.05) is 94.5 Å². The molecule has 0 saturated heterocycles. The lowest BCUT2D eigenvalue weighted by molar-refractivity contribution is -0.119. The van der Waals surface area contributed by atoms with Crippen molar-refractivity contribution in [3.05, 3.63) is 35.9 Å². The second-order valence-electron chi connectivity index (χ2n) is 7.17. The van der Waals surface area contributed by atoms with Crippen molar-refractivity contribution in [3.63, 3.8) is 0 Å². The smallest absolute Gasteiger partial charge is 0.217 e. The molecule has 1 saturated carbocycles. The Morgan fingerprint density at radius 2 is 1.48 bits per heavy atom. The molecule has 0 radical (unpaired) electrons. The van der Waals surface area contributed by atoms with Crippen molar-refractivity contribution in [2.75, 3.05) is 0 Å². The molecule has 128 valence electrons. The molecule has 0 aromatic heterocycles. The van der Waals surface area contributed by atoms with Gasteiger partial charge in [-0.15, -0.1) is 0 Å². The Kier molecular flexibility index (Phi) is 8.20. The summed E-state index contributed by atoms with van der Waals surface area (Å²) in [5.41, 5.74) is 1.25. The summed E-state index contributed by atoms with van der Waals surface area (Å²) in [6.45, 7) is 1.63. The van der Waals surface area contributed by atoms with Gasteiger partial charge in [0.2, 0.25) is 5.91 Å². The van der Waals surface area contributed by atoms with Crippen molar-refractivity contribution in [2.45, 2.75) is 83.6 Å². The van der Waals surface area contributed by atoms with E-state index in [0.717, 1.165) is 12.3 Å². The van der Waals surface area contributed by atoms with Crippen molar-refractivity contribution >= 4 is 5.91 Å². The number of hydrogen-bond acceptors (Lipinski definition) is 1. The lowest BCUT2D eigenvalue weighted by Crippen LogP contribution is -2.28. The van der Waals surface area contributed by atoms with Gasteiger partial charge in [-0.25, -0.2) is 0 Å². The van der Waals surface area contributed by atoms with Crippen LogP contribution in [0, 0.1) is 5.92 Å². The number of carbonyl (C=O) groups is 1. The molecule has 1 aliphatic rings. The Morgan fingerprint density at radius 1 is 0.957 bits per heavy atom. The second kappa shape index (κ2) is 10.5. The van der Waals surface area contributed by atoms with E-state index in [1.807, 2.05) is 6.07 Å². The number of benzene rings is 1. The maximum Gasteiger partial charge on any atom is 0.217 e. The molecule has 2 rings (SSSR count). The van der Waals surface area contributed by atoms with E-state index in [4.69, 9.17) is 0 Å². The molecule has 1 unspecified atom stereocenters. The Morgan fingerprint density at radius 3 is 2.00 bits per heavy atom. The van der Waals surface area contributed by atoms with E-state index in [9.17, 15) is 4.79 Å². The summed E-state index contributed by atoms with van der Waals surface area (Å²) in [7, 11) is 0. The van der Waals surface area contributed by atoms with Crippen LogP contribution in [0.4, 0.5) is 0 Å². The molecular formula is C21H33NO. The van der Waals surface area contributed by atoms with Crippen LogP contribution in [0.1, 0.15) is 89.2 Å². The lowest BCUT2D eigenvalue weighted by Gasteiger charge is -2.25.